The summed E-state index contributed by atoms with van der Waals surface area (Å²) in [4.78, 5) is 41.5. The Labute approximate surface area is 206 Å². The van der Waals surface area contributed by atoms with E-state index in [1.54, 1.807) is 12.0 Å². The van der Waals surface area contributed by atoms with Gasteiger partial charge in [0.2, 0.25) is 11.8 Å². The average molecular weight is 485 g/mol. The summed E-state index contributed by atoms with van der Waals surface area (Å²) < 4.78 is 12.8. The van der Waals surface area contributed by atoms with Crippen LogP contribution in [0.1, 0.15) is 63.4 Å². The lowest BCUT2D eigenvalue weighted by atomic mass is 9.93. The van der Waals surface area contributed by atoms with Crippen molar-refractivity contribution in [2.45, 2.75) is 71.0 Å². The minimum atomic E-state index is -1.09. The second-order valence-electron chi connectivity index (χ2n) is 9.61. The molecular formula is C26H36N4O5. The maximum atomic E-state index is 14.1. The van der Waals surface area contributed by atoms with Gasteiger partial charge in [-0.2, -0.15) is 0 Å². The number of carbonyl (C=O) groups is 3. The van der Waals surface area contributed by atoms with E-state index in [2.05, 4.69) is 10.6 Å². The predicted molar refractivity (Wildman–Crippen MR) is 134 cm³/mol. The maximum absolute atomic E-state index is 14.1. The number of amides is 3. The van der Waals surface area contributed by atoms with E-state index < -0.39 is 5.54 Å². The lowest BCUT2D eigenvalue weighted by molar-refractivity contribution is -0.133. The van der Waals surface area contributed by atoms with E-state index in [4.69, 9.17) is 9.47 Å². The molecule has 0 saturated heterocycles. The van der Waals surface area contributed by atoms with Crippen LogP contribution >= 0.6 is 0 Å². The number of hydrogen-bond acceptors (Lipinski definition) is 5. The molecule has 2 heterocycles. The number of benzene rings is 1. The fraction of sp³-hybridized carbons (Fsp3) is 0.577. The van der Waals surface area contributed by atoms with Gasteiger partial charge in [0.05, 0.1) is 24.9 Å². The van der Waals surface area contributed by atoms with Crippen molar-refractivity contribution in [3.63, 3.8) is 0 Å². The molecule has 1 aliphatic heterocycles. The zero-order valence-electron chi connectivity index (χ0n) is 21.1. The molecule has 2 aromatic rings. The molecule has 9 heteroatoms. The number of rotatable bonds is 9. The Balaban J connectivity index is 1.80. The van der Waals surface area contributed by atoms with E-state index in [0.717, 1.165) is 31.2 Å². The second-order valence-corrected chi connectivity index (χ2v) is 9.61. The van der Waals surface area contributed by atoms with Crippen molar-refractivity contribution in [1.29, 1.82) is 0 Å². The molecule has 3 amide bonds. The lowest BCUT2D eigenvalue weighted by Crippen LogP contribution is -2.65. The molecule has 1 atom stereocenters. The highest BCUT2D eigenvalue weighted by Gasteiger charge is 2.49. The van der Waals surface area contributed by atoms with Gasteiger partial charge in [0.25, 0.3) is 5.91 Å². The van der Waals surface area contributed by atoms with Gasteiger partial charge in [-0.25, -0.2) is 0 Å². The highest BCUT2D eigenvalue weighted by atomic mass is 16.5. The number of fused-ring (bicyclic) bond motifs is 3. The highest BCUT2D eigenvalue weighted by Crippen LogP contribution is 2.40. The molecule has 1 saturated carbocycles. The zero-order valence-corrected chi connectivity index (χ0v) is 21.1. The number of nitrogens with zero attached hydrogens (tertiary/aromatic N) is 2. The van der Waals surface area contributed by atoms with Crippen molar-refractivity contribution in [3.05, 3.63) is 23.9 Å². The molecule has 35 heavy (non-hydrogen) atoms. The quantitative estimate of drug-likeness (QED) is 0.532. The summed E-state index contributed by atoms with van der Waals surface area (Å²) in [6.45, 7) is 6.93. The van der Waals surface area contributed by atoms with Crippen molar-refractivity contribution in [2.24, 2.45) is 0 Å². The summed E-state index contributed by atoms with van der Waals surface area (Å²) in [5.41, 5.74) is 0.514. The minimum absolute atomic E-state index is 0.140. The molecule has 1 aromatic heterocycles. The SMILES string of the molecule is CCOCCCN1C(=O)c2c(NC(C)=O)c3cc(OC)ccc3n2CC1(C)C(=O)NC1CCCC1. The number of carbonyl (C=O) groups excluding carboxylic acids is 3. The maximum Gasteiger partial charge on any atom is 0.273 e. The minimum Gasteiger partial charge on any atom is -0.497 e. The van der Waals surface area contributed by atoms with Crippen molar-refractivity contribution >= 4 is 34.3 Å². The molecular weight excluding hydrogens is 448 g/mol. The van der Waals surface area contributed by atoms with Crippen LogP contribution in [0.3, 0.4) is 0 Å². The molecule has 4 rings (SSSR count). The Bertz CT molecular complexity index is 1120. The smallest absolute Gasteiger partial charge is 0.273 e. The largest absolute Gasteiger partial charge is 0.497 e. The summed E-state index contributed by atoms with van der Waals surface area (Å²) in [6.07, 6.45) is 4.74. The van der Waals surface area contributed by atoms with E-state index in [0.29, 0.717) is 48.7 Å². The molecule has 1 aromatic carbocycles. The van der Waals surface area contributed by atoms with Crippen LogP contribution in [-0.4, -0.2) is 65.6 Å². The predicted octanol–water partition coefficient (Wildman–Crippen LogP) is 3.31. The number of nitrogens with one attached hydrogen (secondary N) is 2. The van der Waals surface area contributed by atoms with Gasteiger partial charge >= 0.3 is 0 Å². The Kier molecular flexibility index (Phi) is 7.35. The third kappa shape index (κ3) is 4.74. The molecule has 1 aliphatic carbocycles. The van der Waals surface area contributed by atoms with E-state index in [-0.39, 0.29) is 30.3 Å². The molecule has 2 N–H and O–H groups in total. The molecule has 2 aliphatic rings. The first-order valence-corrected chi connectivity index (χ1v) is 12.5. The van der Waals surface area contributed by atoms with Crippen molar-refractivity contribution in [1.82, 2.24) is 14.8 Å². The standard InChI is InChI=1S/C26H36N4O5/c1-5-35-14-8-13-30-24(32)23-22(27-17(2)31)20-15-19(34-4)11-12-21(20)29(23)16-26(30,3)25(33)28-18-9-6-7-10-18/h11-12,15,18H,5-10,13-14,16H2,1-4H3,(H,27,31)(H,28,33). The van der Waals surface area contributed by atoms with E-state index in [1.807, 2.05) is 36.6 Å². The van der Waals surface area contributed by atoms with Gasteiger partial charge in [0.15, 0.2) is 0 Å². The van der Waals surface area contributed by atoms with Crippen molar-refractivity contribution in [2.75, 3.05) is 32.2 Å². The topological polar surface area (TPSA) is 102 Å². The van der Waals surface area contributed by atoms with E-state index in [9.17, 15) is 14.4 Å². The first kappa shape index (κ1) is 25.0. The lowest BCUT2D eigenvalue weighted by Gasteiger charge is -2.44. The Morgan fingerprint density at radius 1 is 1.23 bits per heavy atom. The van der Waals surface area contributed by atoms with Crippen LogP contribution in [-0.2, 0) is 20.9 Å². The molecule has 9 nitrogen and oxygen atoms in total. The fourth-order valence-corrected chi connectivity index (χ4v) is 5.32. The molecule has 1 fully saturated rings. The number of ether oxygens (including phenoxy) is 2. The van der Waals surface area contributed by atoms with Crippen LogP contribution in [0.25, 0.3) is 10.9 Å². The van der Waals surface area contributed by atoms with Crippen molar-refractivity contribution in [3.8, 4) is 5.75 Å². The van der Waals surface area contributed by atoms with Gasteiger partial charge in [-0.05, 0) is 51.3 Å². The average Bonchev–Trinajstić information content (AvgIpc) is 3.44. The Morgan fingerprint density at radius 2 is 1.97 bits per heavy atom. The number of aromatic nitrogens is 1. The van der Waals surface area contributed by atoms with Gasteiger partial charge in [-0.3, -0.25) is 14.4 Å². The number of methoxy groups -OCH3 is 1. The second kappa shape index (κ2) is 10.3. The summed E-state index contributed by atoms with van der Waals surface area (Å²) in [5, 5.41) is 6.78. The van der Waals surface area contributed by atoms with Crippen LogP contribution in [0.5, 0.6) is 5.75 Å². The van der Waals surface area contributed by atoms with Crippen LogP contribution in [0.2, 0.25) is 0 Å². The van der Waals surface area contributed by atoms with E-state index >= 15 is 0 Å². The third-order valence-corrected chi connectivity index (χ3v) is 7.14. The zero-order chi connectivity index (χ0) is 25.2. The first-order chi connectivity index (χ1) is 16.8. The van der Waals surface area contributed by atoms with E-state index in [1.165, 1.54) is 6.92 Å². The number of hydrogen-bond donors (Lipinski definition) is 2. The third-order valence-electron chi connectivity index (χ3n) is 7.14. The Morgan fingerprint density at radius 3 is 2.63 bits per heavy atom. The highest BCUT2D eigenvalue weighted by molar-refractivity contribution is 6.14. The fourth-order valence-electron chi connectivity index (χ4n) is 5.32. The molecule has 0 bridgehead atoms. The Hall–Kier alpha value is -3.07. The monoisotopic (exact) mass is 484 g/mol. The van der Waals surface area contributed by atoms with Crippen LogP contribution in [0.4, 0.5) is 5.69 Å². The molecule has 190 valence electrons. The van der Waals surface area contributed by atoms with Gasteiger partial charge in [-0.1, -0.05) is 12.8 Å². The summed E-state index contributed by atoms with van der Waals surface area (Å²) in [6, 6.07) is 5.65. The van der Waals surface area contributed by atoms with Gasteiger partial charge in [0, 0.05) is 38.1 Å². The van der Waals surface area contributed by atoms with Crippen LogP contribution < -0.4 is 15.4 Å². The van der Waals surface area contributed by atoms with Gasteiger partial charge < -0.3 is 29.6 Å². The normalized spacial score (nSPS) is 20.2. The molecule has 1 unspecified atom stereocenters. The molecule has 0 spiro atoms. The summed E-state index contributed by atoms with van der Waals surface area (Å²) >= 11 is 0. The van der Waals surface area contributed by atoms with Gasteiger partial charge in [0.1, 0.15) is 17.0 Å². The van der Waals surface area contributed by atoms with Crippen molar-refractivity contribution < 1.29 is 23.9 Å². The van der Waals surface area contributed by atoms with Crippen LogP contribution in [0, 0.1) is 0 Å². The summed E-state index contributed by atoms with van der Waals surface area (Å²) in [7, 11) is 1.57. The molecule has 0 radical (unpaired) electrons. The first-order valence-electron chi connectivity index (χ1n) is 12.5. The number of anilines is 1. The van der Waals surface area contributed by atoms with Gasteiger partial charge in [-0.15, -0.1) is 0 Å². The summed E-state index contributed by atoms with van der Waals surface area (Å²) in [5.74, 6) is -0.0760. The van der Waals surface area contributed by atoms with Crippen LogP contribution in [0.15, 0.2) is 18.2 Å².